The summed E-state index contributed by atoms with van der Waals surface area (Å²) in [5.41, 5.74) is 6.25. The van der Waals surface area contributed by atoms with Crippen LogP contribution in [-0.2, 0) is 11.3 Å². The van der Waals surface area contributed by atoms with Crippen LogP contribution in [0.3, 0.4) is 0 Å². The van der Waals surface area contributed by atoms with Crippen LogP contribution >= 0.6 is 0 Å². The average molecular weight is 249 g/mol. The summed E-state index contributed by atoms with van der Waals surface area (Å²) in [6.45, 7) is 1.23. The molecule has 18 heavy (non-hydrogen) atoms. The van der Waals surface area contributed by atoms with E-state index in [0.717, 1.165) is 30.9 Å². The Balaban J connectivity index is 2.17. The predicted octanol–water partition coefficient (Wildman–Crippen LogP) is -0.00770. The van der Waals surface area contributed by atoms with Crippen molar-refractivity contribution in [1.29, 1.82) is 0 Å². The summed E-state index contributed by atoms with van der Waals surface area (Å²) < 4.78 is 0. The summed E-state index contributed by atoms with van der Waals surface area (Å²) in [5, 5.41) is 0. The Morgan fingerprint density at radius 3 is 2.83 bits per heavy atom. The fourth-order valence-electron chi connectivity index (χ4n) is 2.20. The SMILES string of the molecule is CN(C)C(=O)C1CCCN1c1cnc(CN)cn1. The molecule has 2 N–H and O–H groups in total. The maximum atomic E-state index is 12.1. The molecule has 1 atom stereocenters. The van der Waals surface area contributed by atoms with E-state index in [4.69, 9.17) is 5.73 Å². The molecule has 0 spiro atoms. The van der Waals surface area contributed by atoms with Crippen LogP contribution in [-0.4, -0.2) is 47.5 Å². The molecule has 0 aliphatic carbocycles. The summed E-state index contributed by atoms with van der Waals surface area (Å²) in [7, 11) is 3.56. The second-order valence-corrected chi connectivity index (χ2v) is 4.65. The third kappa shape index (κ3) is 2.43. The summed E-state index contributed by atoms with van der Waals surface area (Å²) in [6, 6.07) is -0.113. The zero-order valence-corrected chi connectivity index (χ0v) is 10.8. The molecule has 0 saturated carbocycles. The van der Waals surface area contributed by atoms with Gasteiger partial charge in [-0.25, -0.2) is 4.98 Å². The highest BCUT2D eigenvalue weighted by atomic mass is 16.2. The van der Waals surface area contributed by atoms with Gasteiger partial charge in [0.15, 0.2) is 0 Å². The molecule has 1 aromatic rings. The Kier molecular flexibility index (Phi) is 3.76. The van der Waals surface area contributed by atoms with Crippen LogP contribution in [0.4, 0.5) is 5.82 Å². The summed E-state index contributed by atoms with van der Waals surface area (Å²) >= 11 is 0. The number of carbonyl (C=O) groups excluding carboxylic acids is 1. The van der Waals surface area contributed by atoms with E-state index in [9.17, 15) is 4.79 Å². The molecular weight excluding hydrogens is 230 g/mol. The molecule has 6 heteroatoms. The molecule has 0 aromatic carbocycles. The lowest BCUT2D eigenvalue weighted by atomic mass is 10.2. The Morgan fingerprint density at radius 1 is 1.50 bits per heavy atom. The van der Waals surface area contributed by atoms with E-state index in [2.05, 4.69) is 9.97 Å². The molecule has 0 bridgehead atoms. The first-order chi connectivity index (χ1) is 8.63. The number of amides is 1. The molecule has 1 aliphatic rings. The van der Waals surface area contributed by atoms with Gasteiger partial charge in [0.1, 0.15) is 11.9 Å². The normalized spacial score (nSPS) is 19.1. The van der Waals surface area contributed by atoms with E-state index in [1.165, 1.54) is 0 Å². The first kappa shape index (κ1) is 12.8. The minimum atomic E-state index is -0.113. The number of nitrogens with zero attached hydrogens (tertiary/aromatic N) is 4. The molecule has 1 saturated heterocycles. The fraction of sp³-hybridized carbons (Fsp3) is 0.583. The van der Waals surface area contributed by atoms with Crippen LogP contribution in [0.15, 0.2) is 12.4 Å². The van der Waals surface area contributed by atoms with Crippen molar-refractivity contribution in [3.63, 3.8) is 0 Å². The number of aromatic nitrogens is 2. The molecule has 2 rings (SSSR count). The highest BCUT2D eigenvalue weighted by molar-refractivity contribution is 5.85. The smallest absolute Gasteiger partial charge is 0.244 e. The monoisotopic (exact) mass is 249 g/mol. The number of hydrogen-bond donors (Lipinski definition) is 1. The van der Waals surface area contributed by atoms with E-state index in [0.29, 0.717) is 6.54 Å². The minimum absolute atomic E-state index is 0.113. The number of anilines is 1. The van der Waals surface area contributed by atoms with Crippen LogP contribution in [0.2, 0.25) is 0 Å². The Morgan fingerprint density at radius 2 is 2.28 bits per heavy atom. The first-order valence-corrected chi connectivity index (χ1v) is 6.12. The largest absolute Gasteiger partial charge is 0.347 e. The van der Waals surface area contributed by atoms with Gasteiger partial charge in [0.05, 0.1) is 18.1 Å². The molecular formula is C12H19N5O. The van der Waals surface area contributed by atoms with Gasteiger partial charge in [0, 0.05) is 27.2 Å². The maximum absolute atomic E-state index is 12.1. The predicted molar refractivity (Wildman–Crippen MR) is 69.0 cm³/mol. The van der Waals surface area contributed by atoms with E-state index in [1.54, 1.807) is 31.4 Å². The van der Waals surface area contributed by atoms with Gasteiger partial charge < -0.3 is 15.5 Å². The number of nitrogens with two attached hydrogens (primary N) is 1. The van der Waals surface area contributed by atoms with Gasteiger partial charge in [-0.15, -0.1) is 0 Å². The molecule has 1 aliphatic heterocycles. The number of rotatable bonds is 3. The molecule has 6 nitrogen and oxygen atoms in total. The van der Waals surface area contributed by atoms with Gasteiger partial charge in [-0.1, -0.05) is 0 Å². The standard InChI is InChI=1S/C12H19N5O/c1-16(2)12(18)10-4-3-5-17(10)11-8-14-9(6-13)7-15-11/h7-8,10H,3-6,13H2,1-2H3. The lowest BCUT2D eigenvalue weighted by Gasteiger charge is -2.26. The zero-order valence-electron chi connectivity index (χ0n) is 10.8. The number of carbonyl (C=O) groups is 1. The Bertz CT molecular complexity index is 417. The fourth-order valence-corrected chi connectivity index (χ4v) is 2.20. The van der Waals surface area contributed by atoms with Crippen LogP contribution in [0.25, 0.3) is 0 Å². The lowest BCUT2D eigenvalue weighted by Crippen LogP contribution is -2.43. The Labute approximate surface area is 107 Å². The van der Waals surface area contributed by atoms with E-state index < -0.39 is 0 Å². The maximum Gasteiger partial charge on any atom is 0.244 e. The van der Waals surface area contributed by atoms with Crippen LogP contribution in [0.5, 0.6) is 0 Å². The van der Waals surface area contributed by atoms with Gasteiger partial charge in [0.25, 0.3) is 0 Å². The molecule has 1 fully saturated rings. The minimum Gasteiger partial charge on any atom is -0.347 e. The lowest BCUT2D eigenvalue weighted by molar-refractivity contribution is -0.129. The molecule has 1 amide bonds. The van der Waals surface area contributed by atoms with Crippen LogP contribution in [0.1, 0.15) is 18.5 Å². The molecule has 0 radical (unpaired) electrons. The van der Waals surface area contributed by atoms with E-state index in [-0.39, 0.29) is 11.9 Å². The third-order valence-electron chi connectivity index (χ3n) is 3.17. The van der Waals surface area contributed by atoms with E-state index >= 15 is 0 Å². The van der Waals surface area contributed by atoms with Gasteiger partial charge in [-0.2, -0.15) is 0 Å². The van der Waals surface area contributed by atoms with Crippen molar-refractivity contribution < 1.29 is 4.79 Å². The molecule has 1 unspecified atom stereocenters. The van der Waals surface area contributed by atoms with Crippen molar-refractivity contribution in [2.75, 3.05) is 25.5 Å². The second-order valence-electron chi connectivity index (χ2n) is 4.65. The average Bonchev–Trinajstić information content (AvgIpc) is 2.87. The van der Waals surface area contributed by atoms with Crippen molar-refractivity contribution in [3.05, 3.63) is 18.1 Å². The first-order valence-electron chi connectivity index (χ1n) is 6.12. The van der Waals surface area contributed by atoms with Gasteiger partial charge in [-0.05, 0) is 12.8 Å². The van der Waals surface area contributed by atoms with Crippen molar-refractivity contribution >= 4 is 11.7 Å². The van der Waals surface area contributed by atoms with Crippen LogP contribution < -0.4 is 10.6 Å². The third-order valence-corrected chi connectivity index (χ3v) is 3.17. The zero-order chi connectivity index (χ0) is 13.1. The summed E-state index contributed by atoms with van der Waals surface area (Å²) in [6.07, 6.45) is 5.25. The van der Waals surface area contributed by atoms with Crippen molar-refractivity contribution in [1.82, 2.24) is 14.9 Å². The topological polar surface area (TPSA) is 75.4 Å². The van der Waals surface area contributed by atoms with Crippen LogP contribution in [0, 0.1) is 0 Å². The van der Waals surface area contributed by atoms with Crippen molar-refractivity contribution in [2.24, 2.45) is 5.73 Å². The van der Waals surface area contributed by atoms with E-state index in [1.807, 2.05) is 4.90 Å². The highest BCUT2D eigenvalue weighted by Crippen LogP contribution is 2.24. The number of hydrogen-bond acceptors (Lipinski definition) is 5. The van der Waals surface area contributed by atoms with Gasteiger partial charge in [-0.3, -0.25) is 9.78 Å². The van der Waals surface area contributed by atoms with Crippen molar-refractivity contribution in [3.8, 4) is 0 Å². The van der Waals surface area contributed by atoms with Gasteiger partial charge in [0.2, 0.25) is 5.91 Å². The molecule has 1 aromatic heterocycles. The quantitative estimate of drug-likeness (QED) is 0.815. The molecule has 98 valence electrons. The van der Waals surface area contributed by atoms with Crippen molar-refractivity contribution in [2.45, 2.75) is 25.4 Å². The second kappa shape index (κ2) is 5.30. The molecule has 2 heterocycles. The highest BCUT2D eigenvalue weighted by Gasteiger charge is 2.32. The van der Waals surface area contributed by atoms with Gasteiger partial charge >= 0.3 is 0 Å². The summed E-state index contributed by atoms with van der Waals surface area (Å²) in [4.78, 5) is 24.3. The Hall–Kier alpha value is -1.69. The summed E-state index contributed by atoms with van der Waals surface area (Å²) in [5.74, 6) is 0.877. The number of likely N-dealkylation sites (N-methyl/N-ethyl adjacent to an activating group) is 1.